The van der Waals surface area contributed by atoms with Crippen LogP contribution in [0, 0.1) is 5.92 Å². The molecule has 2 aromatic rings. The number of hydrogen-bond donors (Lipinski definition) is 2. The molecule has 1 heterocycles. The van der Waals surface area contributed by atoms with Crippen LogP contribution in [0.3, 0.4) is 0 Å². The van der Waals surface area contributed by atoms with E-state index >= 15 is 0 Å². The molecule has 2 N–H and O–H groups in total. The van der Waals surface area contributed by atoms with Crippen LogP contribution in [0.25, 0.3) is 0 Å². The second-order valence-electron chi connectivity index (χ2n) is 7.51. The average Bonchev–Trinajstić information content (AvgIpc) is 3.33. The number of thioether (sulfide) groups is 1. The van der Waals surface area contributed by atoms with Gasteiger partial charge >= 0.3 is 0 Å². The summed E-state index contributed by atoms with van der Waals surface area (Å²) in [4.78, 5) is 29.4. The Morgan fingerprint density at radius 2 is 2.00 bits per heavy atom. The van der Waals surface area contributed by atoms with Crippen LogP contribution in [-0.2, 0) is 11.3 Å². The summed E-state index contributed by atoms with van der Waals surface area (Å²) < 4.78 is 5.16. The molecule has 0 saturated heterocycles. The number of hydrogen-bond acceptors (Lipinski definition) is 6. The van der Waals surface area contributed by atoms with Gasteiger partial charge in [-0.25, -0.2) is 4.98 Å². The van der Waals surface area contributed by atoms with Gasteiger partial charge in [0.15, 0.2) is 0 Å². The van der Waals surface area contributed by atoms with Crippen molar-refractivity contribution >= 4 is 34.9 Å². The lowest BCUT2D eigenvalue weighted by atomic mass is 9.91. The van der Waals surface area contributed by atoms with Gasteiger partial charge in [0.1, 0.15) is 17.5 Å². The number of aromatic nitrogens is 1. The molecule has 1 aromatic heterocycles. The van der Waals surface area contributed by atoms with E-state index in [0.717, 1.165) is 23.0 Å². The Hall–Kier alpha value is -2.06. The summed E-state index contributed by atoms with van der Waals surface area (Å²) in [5.74, 6) is 2.61. The number of methoxy groups -OCH3 is 1. The van der Waals surface area contributed by atoms with Crippen molar-refractivity contribution in [1.82, 2.24) is 15.6 Å². The summed E-state index contributed by atoms with van der Waals surface area (Å²) in [6.45, 7) is 0.402. The highest BCUT2D eigenvalue weighted by atomic mass is 32.2. The van der Waals surface area contributed by atoms with Crippen LogP contribution in [0.2, 0.25) is 0 Å². The molecule has 0 aliphatic heterocycles. The third-order valence-corrected chi connectivity index (χ3v) is 7.14. The third-order valence-electron chi connectivity index (χ3n) is 5.28. The summed E-state index contributed by atoms with van der Waals surface area (Å²) in [5, 5.41) is 7.51. The van der Waals surface area contributed by atoms with Crippen molar-refractivity contribution < 1.29 is 14.3 Å². The number of nitrogens with one attached hydrogen (secondary N) is 2. The Morgan fingerprint density at radius 1 is 1.23 bits per heavy atom. The standard InChI is InChI=1S/C22H29N3O3S2/c1-28-18-9-7-16(8-10-18)11-23-21(26)20(25-22(27)19-13-30-15-24-19)14-29-12-17-5-3-2-4-6-17/h7-10,13,15,17,20H,2-6,11-12,14H2,1H3,(H,23,26)(H,25,27)/t20-/m0/s1. The van der Waals surface area contributed by atoms with E-state index in [1.807, 2.05) is 24.3 Å². The molecule has 6 nitrogen and oxygen atoms in total. The van der Waals surface area contributed by atoms with Crippen molar-refractivity contribution in [3.05, 3.63) is 46.4 Å². The van der Waals surface area contributed by atoms with E-state index in [4.69, 9.17) is 4.74 Å². The molecular weight excluding hydrogens is 418 g/mol. The Labute approximate surface area is 186 Å². The molecule has 0 bridgehead atoms. The van der Waals surface area contributed by atoms with Gasteiger partial charge in [-0.05, 0) is 42.2 Å². The van der Waals surface area contributed by atoms with Gasteiger partial charge in [-0.1, -0.05) is 31.4 Å². The molecule has 0 radical (unpaired) electrons. The fourth-order valence-corrected chi connectivity index (χ4v) is 5.31. The van der Waals surface area contributed by atoms with Gasteiger partial charge in [-0.3, -0.25) is 9.59 Å². The summed E-state index contributed by atoms with van der Waals surface area (Å²) in [7, 11) is 1.62. The maximum absolute atomic E-state index is 12.8. The first kappa shape index (κ1) is 22.6. The number of carbonyl (C=O) groups excluding carboxylic acids is 2. The highest BCUT2D eigenvalue weighted by molar-refractivity contribution is 7.99. The first-order chi connectivity index (χ1) is 14.7. The molecule has 1 saturated carbocycles. The molecule has 1 fully saturated rings. The van der Waals surface area contributed by atoms with E-state index in [1.165, 1.54) is 43.4 Å². The minimum atomic E-state index is -0.592. The van der Waals surface area contributed by atoms with Crippen molar-refractivity contribution in [3.63, 3.8) is 0 Å². The van der Waals surface area contributed by atoms with Crippen LogP contribution in [-0.4, -0.2) is 41.5 Å². The predicted molar refractivity (Wildman–Crippen MR) is 122 cm³/mol. The highest BCUT2D eigenvalue weighted by Gasteiger charge is 2.23. The molecule has 1 atom stereocenters. The lowest BCUT2D eigenvalue weighted by molar-refractivity contribution is -0.122. The first-order valence-corrected chi connectivity index (χ1v) is 12.4. The number of amides is 2. The fraction of sp³-hybridized carbons (Fsp3) is 0.500. The molecule has 1 aliphatic carbocycles. The van der Waals surface area contributed by atoms with E-state index in [2.05, 4.69) is 15.6 Å². The van der Waals surface area contributed by atoms with E-state index in [-0.39, 0.29) is 11.8 Å². The molecule has 2 amide bonds. The number of benzene rings is 1. The van der Waals surface area contributed by atoms with Gasteiger partial charge in [0.25, 0.3) is 5.91 Å². The minimum absolute atomic E-state index is 0.175. The predicted octanol–water partition coefficient (Wildman–Crippen LogP) is 3.88. The van der Waals surface area contributed by atoms with Gasteiger partial charge in [0.05, 0.1) is 12.6 Å². The summed E-state index contributed by atoms with van der Waals surface area (Å²) >= 11 is 3.11. The zero-order valence-electron chi connectivity index (χ0n) is 17.3. The average molecular weight is 448 g/mol. The molecule has 0 spiro atoms. The monoisotopic (exact) mass is 447 g/mol. The van der Waals surface area contributed by atoms with Gasteiger partial charge in [0, 0.05) is 17.7 Å². The van der Waals surface area contributed by atoms with Crippen LogP contribution < -0.4 is 15.4 Å². The molecule has 0 unspecified atom stereocenters. The Balaban J connectivity index is 1.54. The minimum Gasteiger partial charge on any atom is -0.497 e. The topological polar surface area (TPSA) is 80.3 Å². The third kappa shape index (κ3) is 7.02. The van der Waals surface area contributed by atoms with E-state index < -0.39 is 6.04 Å². The van der Waals surface area contributed by atoms with Gasteiger partial charge in [-0.15, -0.1) is 11.3 Å². The SMILES string of the molecule is COc1ccc(CNC(=O)[C@H](CSCC2CCCCC2)NC(=O)c2cscn2)cc1. The Morgan fingerprint density at radius 3 is 2.67 bits per heavy atom. The van der Waals surface area contributed by atoms with Gasteiger partial charge < -0.3 is 15.4 Å². The van der Waals surface area contributed by atoms with Crippen molar-refractivity contribution in [3.8, 4) is 5.75 Å². The second-order valence-corrected chi connectivity index (χ2v) is 9.30. The molecule has 1 aliphatic rings. The summed E-state index contributed by atoms with van der Waals surface area (Å²) in [6, 6.07) is 6.97. The fourth-order valence-electron chi connectivity index (χ4n) is 3.50. The van der Waals surface area contributed by atoms with Crippen molar-refractivity contribution in [2.45, 2.75) is 44.7 Å². The first-order valence-electron chi connectivity index (χ1n) is 10.3. The van der Waals surface area contributed by atoms with E-state index in [9.17, 15) is 9.59 Å². The number of carbonyl (C=O) groups is 2. The molecule has 8 heteroatoms. The van der Waals surface area contributed by atoms with Crippen LogP contribution in [0.1, 0.15) is 48.2 Å². The normalized spacial score (nSPS) is 15.4. The van der Waals surface area contributed by atoms with Crippen molar-refractivity contribution in [2.24, 2.45) is 5.92 Å². The van der Waals surface area contributed by atoms with Crippen LogP contribution in [0.5, 0.6) is 5.75 Å². The molecule has 3 rings (SSSR count). The highest BCUT2D eigenvalue weighted by Crippen LogP contribution is 2.27. The zero-order valence-corrected chi connectivity index (χ0v) is 18.9. The van der Waals surface area contributed by atoms with Crippen molar-refractivity contribution in [2.75, 3.05) is 18.6 Å². The smallest absolute Gasteiger partial charge is 0.271 e. The quantitative estimate of drug-likeness (QED) is 0.578. The van der Waals surface area contributed by atoms with Crippen LogP contribution in [0.15, 0.2) is 35.2 Å². The lowest BCUT2D eigenvalue weighted by Crippen LogP contribution is -2.48. The Kier molecular flexibility index (Phi) is 9.01. The number of rotatable bonds is 10. The van der Waals surface area contributed by atoms with E-state index in [1.54, 1.807) is 29.8 Å². The number of ether oxygens (including phenoxy) is 1. The zero-order chi connectivity index (χ0) is 21.2. The molecule has 1 aromatic carbocycles. The second kappa shape index (κ2) is 12.0. The largest absolute Gasteiger partial charge is 0.497 e. The Bertz CT molecular complexity index is 790. The summed E-state index contributed by atoms with van der Waals surface area (Å²) in [6.07, 6.45) is 6.48. The molecular formula is C22H29N3O3S2. The number of nitrogens with zero attached hydrogens (tertiary/aromatic N) is 1. The molecule has 162 valence electrons. The van der Waals surface area contributed by atoms with Crippen molar-refractivity contribution in [1.29, 1.82) is 0 Å². The maximum atomic E-state index is 12.8. The van der Waals surface area contributed by atoms with Crippen LogP contribution in [0.4, 0.5) is 0 Å². The summed E-state index contributed by atoms with van der Waals surface area (Å²) in [5.41, 5.74) is 2.94. The maximum Gasteiger partial charge on any atom is 0.271 e. The van der Waals surface area contributed by atoms with Crippen LogP contribution >= 0.6 is 23.1 Å². The van der Waals surface area contributed by atoms with Gasteiger partial charge in [0.2, 0.25) is 5.91 Å². The lowest BCUT2D eigenvalue weighted by Gasteiger charge is -2.23. The number of thiazole rings is 1. The van der Waals surface area contributed by atoms with Gasteiger partial charge in [-0.2, -0.15) is 11.8 Å². The molecule has 30 heavy (non-hydrogen) atoms. The van der Waals surface area contributed by atoms with E-state index in [0.29, 0.717) is 18.0 Å².